The summed E-state index contributed by atoms with van der Waals surface area (Å²) >= 11 is 0. The van der Waals surface area contributed by atoms with Gasteiger partial charge in [0.1, 0.15) is 13.1 Å². The van der Waals surface area contributed by atoms with Crippen LogP contribution in [0.4, 0.5) is 0 Å². The molecule has 0 unspecified atom stereocenters. The van der Waals surface area contributed by atoms with Crippen LogP contribution >= 0.6 is 0 Å². The normalized spacial score (nSPS) is 8.86. The molecule has 6 heteroatoms. The van der Waals surface area contributed by atoms with E-state index < -0.39 is 11.9 Å². The molecule has 0 saturated carbocycles. The van der Waals surface area contributed by atoms with Crippen molar-refractivity contribution < 1.29 is 24.4 Å². The van der Waals surface area contributed by atoms with Gasteiger partial charge < -0.3 is 15.1 Å². The topological polar surface area (TPSA) is 80.8 Å². The molecule has 0 fully saturated rings. The molecule has 2 N–H and O–H groups in total. The van der Waals surface area contributed by atoms with Gasteiger partial charge in [0, 0.05) is 39.2 Å². The minimum atomic E-state index is -0.833. The lowest BCUT2D eigenvalue weighted by molar-refractivity contribution is -0.515. The maximum Gasteiger partial charge on any atom is 0.300 e. The first-order valence-electron chi connectivity index (χ1n) is 7.13. The average Bonchev–Trinajstić information content (AvgIpc) is 2.38. The number of carboxylic acids is 2. The predicted octanol–water partition coefficient (Wildman–Crippen LogP) is 2.15. The number of allylic oxidation sites excluding steroid dienone is 1. The van der Waals surface area contributed by atoms with E-state index in [1.807, 2.05) is 0 Å². The lowest BCUT2D eigenvalue weighted by Gasteiger charge is -2.13. The van der Waals surface area contributed by atoms with E-state index in [2.05, 4.69) is 55.7 Å². The molecule has 0 aliphatic heterocycles. The monoisotopic (exact) mass is 303 g/mol. The van der Waals surface area contributed by atoms with Crippen molar-refractivity contribution in [3.63, 3.8) is 0 Å². The van der Waals surface area contributed by atoms with Gasteiger partial charge in [-0.3, -0.25) is 9.59 Å². The van der Waals surface area contributed by atoms with Gasteiger partial charge in [-0.15, -0.1) is 0 Å². The highest BCUT2D eigenvalue weighted by atomic mass is 16.4. The Hall–Kier alpha value is -1.85. The summed E-state index contributed by atoms with van der Waals surface area (Å²) in [6, 6.07) is 0. The SMILES string of the molecule is CC(=O)O.CC(=O)O.CCN(/C=C/C=[N+](CC)CC)CC. The fraction of sp³-hybridized carbons (Fsp3) is 0.667. The molecule has 0 spiro atoms. The Kier molecular flexibility index (Phi) is 20.9. The summed E-state index contributed by atoms with van der Waals surface area (Å²) in [4.78, 5) is 20.3. The number of carboxylic acid groups (broad SMARTS) is 2. The van der Waals surface area contributed by atoms with Crippen LogP contribution < -0.4 is 0 Å². The van der Waals surface area contributed by atoms with Gasteiger partial charge in [-0.25, -0.2) is 4.58 Å². The van der Waals surface area contributed by atoms with Gasteiger partial charge in [0.05, 0.1) is 0 Å². The summed E-state index contributed by atoms with van der Waals surface area (Å²) < 4.78 is 2.28. The molecule has 0 aromatic carbocycles. The smallest absolute Gasteiger partial charge is 0.300 e. The van der Waals surface area contributed by atoms with Crippen molar-refractivity contribution in [1.29, 1.82) is 0 Å². The van der Waals surface area contributed by atoms with E-state index in [4.69, 9.17) is 19.8 Å². The molecule has 0 aromatic heterocycles. The molecule has 0 amide bonds. The van der Waals surface area contributed by atoms with Crippen LogP contribution in [0.5, 0.6) is 0 Å². The number of nitrogens with zero attached hydrogens (tertiary/aromatic N) is 2. The molecule has 0 heterocycles. The molecule has 0 saturated heterocycles. The molecule has 21 heavy (non-hydrogen) atoms. The summed E-state index contributed by atoms with van der Waals surface area (Å²) in [5.41, 5.74) is 0. The van der Waals surface area contributed by atoms with E-state index >= 15 is 0 Å². The minimum Gasteiger partial charge on any atom is -0.481 e. The molecule has 0 rings (SSSR count). The summed E-state index contributed by atoms with van der Waals surface area (Å²) in [7, 11) is 0. The lowest BCUT2D eigenvalue weighted by Crippen LogP contribution is -2.16. The fourth-order valence-corrected chi connectivity index (χ4v) is 1.15. The van der Waals surface area contributed by atoms with E-state index in [1.54, 1.807) is 0 Å². The largest absolute Gasteiger partial charge is 0.481 e. The number of hydrogen-bond donors (Lipinski definition) is 2. The number of aliphatic carboxylic acids is 2. The molecule has 0 aromatic rings. The maximum atomic E-state index is 9.00. The second-order valence-electron chi connectivity index (χ2n) is 3.97. The van der Waals surface area contributed by atoms with E-state index in [0.29, 0.717) is 0 Å². The molecule has 0 radical (unpaired) electrons. The Morgan fingerprint density at radius 3 is 1.52 bits per heavy atom. The van der Waals surface area contributed by atoms with Crippen molar-refractivity contribution in [2.75, 3.05) is 26.2 Å². The van der Waals surface area contributed by atoms with Crippen molar-refractivity contribution in [3.05, 3.63) is 12.3 Å². The average molecular weight is 303 g/mol. The Morgan fingerprint density at radius 2 is 1.29 bits per heavy atom. The van der Waals surface area contributed by atoms with Gasteiger partial charge >= 0.3 is 0 Å². The standard InChI is InChI=1S/C11H23N2.2C2H4O2/c1-5-12(6-2)10-9-11-13(7-3)8-4;2*1-2(3)4/h9-11H,5-8H2,1-4H3;2*1H3,(H,3,4)/q+1;;. The summed E-state index contributed by atoms with van der Waals surface area (Å²) in [5, 5.41) is 14.8. The van der Waals surface area contributed by atoms with E-state index in [-0.39, 0.29) is 0 Å². The van der Waals surface area contributed by atoms with Crippen LogP contribution in [0.2, 0.25) is 0 Å². The van der Waals surface area contributed by atoms with Gasteiger partial charge in [-0.1, -0.05) is 0 Å². The molecule has 124 valence electrons. The highest BCUT2D eigenvalue weighted by molar-refractivity contribution is 5.65. The summed E-state index contributed by atoms with van der Waals surface area (Å²) in [6.07, 6.45) is 6.43. The minimum absolute atomic E-state index is 0.833. The quantitative estimate of drug-likeness (QED) is 0.580. The molecule has 0 atom stereocenters. The molecule has 6 nitrogen and oxygen atoms in total. The summed E-state index contributed by atoms with van der Waals surface area (Å²) in [6.45, 7) is 15.2. The van der Waals surface area contributed by atoms with Crippen molar-refractivity contribution in [1.82, 2.24) is 4.90 Å². The zero-order valence-electron chi connectivity index (χ0n) is 14.2. The maximum absolute atomic E-state index is 9.00. The second-order valence-corrected chi connectivity index (χ2v) is 3.97. The third-order valence-corrected chi connectivity index (χ3v) is 2.22. The Balaban J connectivity index is -0.000000334. The van der Waals surface area contributed by atoms with Gasteiger partial charge in [-0.05, 0) is 27.7 Å². The van der Waals surface area contributed by atoms with Crippen LogP contribution in [0, 0.1) is 0 Å². The molecule has 0 aliphatic carbocycles. The first-order chi connectivity index (χ1) is 9.74. The van der Waals surface area contributed by atoms with Crippen molar-refractivity contribution in [3.8, 4) is 0 Å². The Labute approximate surface area is 128 Å². The highest BCUT2D eigenvalue weighted by Crippen LogP contribution is 1.86. The van der Waals surface area contributed by atoms with Crippen LogP contribution in [0.1, 0.15) is 41.5 Å². The zero-order chi connectivity index (χ0) is 17.3. The van der Waals surface area contributed by atoms with Crippen LogP contribution in [-0.4, -0.2) is 64.0 Å². The third kappa shape index (κ3) is 32.1. The van der Waals surface area contributed by atoms with Crippen molar-refractivity contribution in [2.24, 2.45) is 0 Å². The zero-order valence-corrected chi connectivity index (χ0v) is 14.2. The first-order valence-corrected chi connectivity index (χ1v) is 7.13. The lowest BCUT2D eigenvalue weighted by atomic mass is 10.5. The molecule has 0 aliphatic rings. The van der Waals surface area contributed by atoms with Gasteiger partial charge in [0.2, 0.25) is 0 Å². The van der Waals surface area contributed by atoms with Crippen LogP contribution in [-0.2, 0) is 9.59 Å². The molecular weight excluding hydrogens is 272 g/mol. The summed E-state index contributed by atoms with van der Waals surface area (Å²) in [5.74, 6) is -1.67. The van der Waals surface area contributed by atoms with Gasteiger partial charge in [0.25, 0.3) is 11.9 Å². The van der Waals surface area contributed by atoms with Crippen LogP contribution in [0.25, 0.3) is 0 Å². The molecular formula is C15H31N2O4+. The second kappa shape index (κ2) is 18.1. The van der Waals surface area contributed by atoms with Crippen molar-refractivity contribution >= 4 is 18.2 Å². The van der Waals surface area contributed by atoms with Gasteiger partial charge in [-0.2, -0.15) is 0 Å². The van der Waals surface area contributed by atoms with Crippen LogP contribution in [0.15, 0.2) is 12.3 Å². The highest BCUT2D eigenvalue weighted by Gasteiger charge is 1.92. The third-order valence-electron chi connectivity index (χ3n) is 2.22. The van der Waals surface area contributed by atoms with Crippen LogP contribution in [0.3, 0.4) is 0 Å². The molecule has 0 bridgehead atoms. The van der Waals surface area contributed by atoms with E-state index in [9.17, 15) is 0 Å². The number of rotatable bonds is 6. The number of carbonyl (C=O) groups is 2. The van der Waals surface area contributed by atoms with E-state index in [1.165, 1.54) is 0 Å². The predicted molar refractivity (Wildman–Crippen MR) is 86.1 cm³/mol. The van der Waals surface area contributed by atoms with E-state index in [0.717, 1.165) is 40.0 Å². The Morgan fingerprint density at radius 1 is 0.952 bits per heavy atom. The van der Waals surface area contributed by atoms with Crippen molar-refractivity contribution in [2.45, 2.75) is 41.5 Å². The van der Waals surface area contributed by atoms with Gasteiger partial charge in [0.15, 0.2) is 6.21 Å². The Bertz CT molecular complexity index is 296. The first kappa shape index (κ1) is 24.2. The fourth-order valence-electron chi connectivity index (χ4n) is 1.15. The number of hydrogen-bond acceptors (Lipinski definition) is 3.